The van der Waals surface area contributed by atoms with Gasteiger partial charge in [-0.1, -0.05) is 6.07 Å². The SMILES string of the molecule is Cc1ccc(C(=O)NC2CC2)cc1-c1ccn2c(N)nnc2c1. The predicted molar refractivity (Wildman–Crippen MR) is 88.1 cm³/mol. The van der Waals surface area contributed by atoms with Crippen LogP contribution in [0.2, 0.25) is 0 Å². The minimum absolute atomic E-state index is 0.0125. The number of aromatic nitrogens is 3. The van der Waals surface area contributed by atoms with Crippen molar-refractivity contribution in [2.75, 3.05) is 5.73 Å². The molecule has 2 heterocycles. The van der Waals surface area contributed by atoms with Crippen LogP contribution in [0.15, 0.2) is 36.5 Å². The van der Waals surface area contributed by atoms with Crippen molar-refractivity contribution in [3.63, 3.8) is 0 Å². The number of amides is 1. The molecule has 1 saturated carbocycles. The van der Waals surface area contributed by atoms with E-state index in [4.69, 9.17) is 5.73 Å². The van der Waals surface area contributed by atoms with Gasteiger partial charge in [0.1, 0.15) is 0 Å². The minimum Gasteiger partial charge on any atom is -0.368 e. The summed E-state index contributed by atoms with van der Waals surface area (Å²) in [5, 5.41) is 10.9. The first-order chi connectivity index (χ1) is 11.1. The van der Waals surface area contributed by atoms with Crippen molar-refractivity contribution in [1.82, 2.24) is 19.9 Å². The number of fused-ring (bicyclic) bond motifs is 1. The summed E-state index contributed by atoms with van der Waals surface area (Å²) in [4.78, 5) is 12.3. The molecule has 3 N–H and O–H groups in total. The van der Waals surface area contributed by atoms with Gasteiger partial charge in [-0.2, -0.15) is 0 Å². The number of hydrogen-bond donors (Lipinski definition) is 2. The molecule has 0 bridgehead atoms. The zero-order valence-corrected chi connectivity index (χ0v) is 12.8. The summed E-state index contributed by atoms with van der Waals surface area (Å²) >= 11 is 0. The fourth-order valence-corrected chi connectivity index (χ4v) is 2.65. The average Bonchev–Trinajstić information content (AvgIpc) is 3.29. The second-order valence-electron chi connectivity index (χ2n) is 5.98. The highest BCUT2D eigenvalue weighted by molar-refractivity contribution is 5.96. The molecular formula is C17H17N5O. The lowest BCUT2D eigenvalue weighted by molar-refractivity contribution is 0.0951. The molecule has 4 rings (SSSR count). The maximum absolute atomic E-state index is 12.3. The van der Waals surface area contributed by atoms with Gasteiger partial charge in [-0.15, -0.1) is 10.2 Å². The van der Waals surface area contributed by atoms with E-state index in [0.29, 0.717) is 23.2 Å². The summed E-state index contributed by atoms with van der Waals surface area (Å²) in [6, 6.07) is 10.00. The maximum Gasteiger partial charge on any atom is 0.251 e. The van der Waals surface area contributed by atoms with Gasteiger partial charge in [0.2, 0.25) is 5.95 Å². The third-order valence-electron chi connectivity index (χ3n) is 4.16. The van der Waals surface area contributed by atoms with E-state index in [2.05, 4.69) is 15.5 Å². The highest BCUT2D eigenvalue weighted by Gasteiger charge is 2.24. The average molecular weight is 307 g/mol. The Morgan fingerprint density at radius 3 is 2.87 bits per heavy atom. The second-order valence-corrected chi connectivity index (χ2v) is 5.98. The Kier molecular flexibility index (Phi) is 3.04. The monoisotopic (exact) mass is 307 g/mol. The number of nitrogens with two attached hydrogens (primary N) is 1. The molecule has 1 aliphatic carbocycles. The third-order valence-corrected chi connectivity index (χ3v) is 4.16. The van der Waals surface area contributed by atoms with Gasteiger partial charge < -0.3 is 11.1 Å². The molecule has 1 amide bonds. The number of rotatable bonds is 3. The number of pyridine rings is 1. The van der Waals surface area contributed by atoms with E-state index in [9.17, 15) is 4.79 Å². The van der Waals surface area contributed by atoms with Gasteiger partial charge >= 0.3 is 0 Å². The zero-order chi connectivity index (χ0) is 16.0. The summed E-state index contributed by atoms with van der Waals surface area (Å²) in [6.45, 7) is 2.03. The molecule has 2 aromatic heterocycles. The van der Waals surface area contributed by atoms with Gasteiger partial charge in [0.25, 0.3) is 5.91 Å². The smallest absolute Gasteiger partial charge is 0.251 e. The first-order valence-electron chi connectivity index (χ1n) is 7.64. The number of nitrogens with zero attached hydrogens (tertiary/aromatic N) is 3. The van der Waals surface area contributed by atoms with E-state index in [1.165, 1.54) is 0 Å². The Labute approximate surface area is 133 Å². The van der Waals surface area contributed by atoms with Crippen LogP contribution in [-0.4, -0.2) is 26.5 Å². The number of hydrogen-bond acceptors (Lipinski definition) is 4. The molecular weight excluding hydrogens is 290 g/mol. The largest absolute Gasteiger partial charge is 0.368 e. The Morgan fingerprint density at radius 2 is 2.09 bits per heavy atom. The lowest BCUT2D eigenvalue weighted by Crippen LogP contribution is -2.25. The van der Waals surface area contributed by atoms with Crippen molar-refractivity contribution in [3.8, 4) is 11.1 Å². The van der Waals surface area contributed by atoms with Crippen LogP contribution in [0.4, 0.5) is 5.95 Å². The van der Waals surface area contributed by atoms with Crippen molar-refractivity contribution in [1.29, 1.82) is 0 Å². The molecule has 0 aliphatic heterocycles. The summed E-state index contributed by atoms with van der Waals surface area (Å²) in [5.41, 5.74) is 10.2. The van der Waals surface area contributed by atoms with Crippen LogP contribution in [0.25, 0.3) is 16.8 Å². The summed E-state index contributed by atoms with van der Waals surface area (Å²) in [6.07, 6.45) is 4.00. The van der Waals surface area contributed by atoms with E-state index in [0.717, 1.165) is 29.5 Å². The van der Waals surface area contributed by atoms with Crippen molar-refractivity contribution in [3.05, 3.63) is 47.7 Å². The van der Waals surface area contributed by atoms with Crippen molar-refractivity contribution < 1.29 is 4.79 Å². The Hall–Kier alpha value is -2.89. The number of nitrogen functional groups attached to an aromatic ring is 1. The van der Waals surface area contributed by atoms with E-state index in [1.807, 2.05) is 43.5 Å². The van der Waals surface area contributed by atoms with Crippen LogP contribution in [0, 0.1) is 6.92 Å². The standard InChI is InChI=1S/C17H17N5O/c1-10-2-3-12(16(23)19-13-4-5-13)8-14(10)11-6-7-22-15(9-11)20-21-17(22)18/h2-3,6-9,13H,4-5H2,1H3,(H2,18,21)(H,19,23). The van der Waals surface area contributed by atoms with Crippen molar-refractivity contribution >= 4 is 17.5 Å². The predicted octanol–water partition coefficient (Wildman–Crippen LogP) is 2.18. The quantitative estimate of drug-likeness (QED) is 0.776. The van der Waals surface area contributed by atoms with Crippen LogP contribution >= 0.6 is 0 Å². The summed E-state index contributed by atoms with van der Waals surface area (Å²) in [5.74, 6) is 0.349. The van der Waals surface area contributed by atoms with Gasteiger partial charge in [-0.3, -0.25) is 9.20 Å². The van der Waals surface area contributed by atoms with E-state index >= 15 is 0 Å². The molecule has 0 spiro atoms. The normalized spacial score (nSPS) is 14.1. The molecule has 0 atom stereocenters. The molecule has 0 unspecified atom stereocenters. The third kappa shape index (κ3) is 2.52. The van der Waals surface area contributed by atoms with Crippen LogP contribution in [-0.2, 0) is 0 Å². The fraction of sp³-hybridized carbons (Fsp3) is 0.235. The number of aryl methyl sites for hydroxylation is 1. The van der Waals surface area contributed by atoms with Crippen LogP contribution in [0.3, 0.4) is 0 Å². The van der Waals surface area contributed by atoms with Gasteiger partial charge in [0, 0.05) is 17.8 Å². The number of benzene rings is 1. The van der Waals surface area contributed by atoms with Gasteiger partial charge in [-0.25, -0.2) is 0 Å². The number of nitrogens with one attached hydrogen (secondary N) is 1. The van der Waals surface area contributed by atoms with Crippen molar-refractivity contribution in [2.45, 2.75) is 25.8 Å². The lowest BCUT2D eigenvalue weighted by atomic mass is 9.98. The highest BCUT2D eigenvalue weighted by Crippen LogP contribution is 2.26. The molecule has 6 heteroatoms. The number of carbonyl (C=O) groups excluding carboxylic acids is 1. The van der Waals surface area contributed by atoms with Gasteiger partial charge in [0.15, 0.2) is 5.65 Å². The molecule has 1 aromatic carbocycles. The number of anilines is 1. The highest BCUT2D eigenvalue weighted by atomic mass is 16.1. The van der Waals surface area contributed by atoms with E-state index < -0.39 is 0 Å². The van der Waals surface area contributed by atoms with E-state index in [1.54, 1.807) is 4.40 Å². The second kappa shape index (κ2) is 5.08. The molecule has 0 saturated heterocycles. The Bertz CT molecular complexity index is 910. The molecule has 116 valence electrons. The van der Waals surface area contributed by atoms with Crippen LogP contribution in [0.1, 0.15) is 28.8 Å². The number of carbonyl (C=O) groups is 1. The van der Waals surface area contributed by atoms with Crippen LogP contribution in [0.5, 0.6) is 0 Å². The molecule has 23 heavy (non-hydrogen) atoms. The topological polar surface area (TPSA) is 85.3 Å². The Morgan fingerprint density at radius 1 is 1.26 bits per heavy atom. The lowest BCUT2D eigenvalue weighted by Gasteiger charge is -2.10. The first kappa shape index (κ1) is 13.8. The zero-order valence-electron chi connectivity index (χ0n) is 12.8. The van der Waals surface area contributed by atoms with Gasteiger partial charge in [-0.05, 0) is 60.7 Å². The maximum atomic E-state index is 12.3. The summed E-state index contributed by atoms with van der Waals surface area (Å²) < 4.78 is 1.72. The Balaban J connectivity index is 1.74. The fourth-order valence-electron chi connectivity index (χ4n) is 2.65. The van der Waals surface area contributed by atoms with E-state index in [-0.39, 0.29) is 5.91 Å². The first-order valence-corrected chi connectivity index (χ1v) is 7.64. The van der Waals surface area contributed by atoms with Crippen molar-refractivity contribution in [2.24, 2.45) is 0 Å². The molecule has 3 aromatic rings. The molecule has 0 radical (unpaired) electrons. The molecule has 6 nitrogen and oxygen atoms in total. The summed E-state index contributed by atoms with van der Waals surface area (Å²) in [7, 11) is 0. The minimum atomic E-state index is -0.0125. The van der Waals surface area contributed by atoms with Gasteiger partial charge in [0.05, 0.1) is 0 Å². The molecule has 1 fully saturated rings. The molecule has 1 aliphatic rings. The van der Waals surface area contributed by atoms with Crippen LogP contribution < -0.4 is 11.1 Å².